The molecule has 0 spiro atoms. The van der Waals surface area contributed by atoms with Crippen molar-refractivity contribution in [2.45, 2.75) is 19.7 Å². The van der Waals surface area contributed by atoms with E-state index in [4.69, 9.17) is 0 Å². The standard InChI is InChI=1S/C17H12F3N3O4/c1-2-12-16(24)15-13(4-3-5-14(15)23(25)26)22(21-12)10-6-8-11(9-7-10)27-17(18,19)20/h3-9H,2H2,1H3. The van der Waals surface area contributed by atoms with Crippen molar-refractivity contribution in [1.29, 1.82) is 0 Å². The molecule has 0 saturated heterocycles. The molecule has 0 bridgehead atoms. The highest BCUT2D eigenvalue weighted by atomic mass is 19.4. The smallest absolute Gasteiger partial charge is 0.406 e. The number of alkyl halides is 3. The predicted molar refractivity (Wildman–Crippen MR) is 90.1 cm³/mol. The van der Waals surface area contributed by atoms with Crippen LogP contribution in [0.3, 0.4) is 0 Å². The highest BCUT2D eigenvalue weighted by Crippen LogP contribution is 2.27. The molecule has 0 amide bonds. The molecule has 0 aliphatic heterocycles. The third kappa shape index (κ3) is 3.59. The normalized spacial score (nSPS) is 11.6. The Bertz CT molecular complexity index is 1080. The Morgan fingerprint density at radius 1 is 1.19 bits per heavy atom. The number of rotatable bonds is 4. The van der Waals surface area contributed by atoms with Gasteiger partial charge in [0.1, 0.15) is 16.8 Å². The molecule has 0 N–H and O–H groups in total. The van der Waals surface area contributed by atoms with Crippen molar-refractivity contribution < 1.29 is 22.8 Å². The number of hydrogen-bond acceptors (Lipinski definition) is 5. The molecular weight excluding hydrogens is 367 g/mol. The number of nitrogens with zero attached hydrogens (tertiary/aromatic N) is 3. The van der Waals surface area contributed by atoms with Crippen LogP contribution >= 0.6 is 0 Å². The van der Waals surface area contributed by atoms with E-state index >= 15 is 0 Å². The van der Waals surface area contributed by atoms with Gasteiger partial charge in [-0.25, -0.2) is 4.68 Å². The first-order valence-electron chi connectivity index (χ1n) is 7.76. The minimum atomic E-state index is -4.82. The first-order valence-corrected chi connectivity index (χ1v) is 7.76. The van der Waals surface area contributed by atoms with Crippen LogP contribution in [-0.2, 0) is 6.42 Å². The SMILES string of the molecule is CCc1nn(-c2ccc(OC(F)(F)F)cc2)c2cccc([N+](=O)[O-])c2c1=O. The Kier molecular flexibility index (Phi) is 4.56. The van der Waals surface area contributed by atoms with Gasteiger partial charge in [-0.1, -0.05) is 13.0 Å². The molecule has 7 nitrogen and oxygen atoms in total. The lowest BCUT2D eigenvalue weighted by molar-refractivity contribution is -0.383. The number of nitro groups is 1. The Morgan fingerprint density at radius 2 is 1.85 bits per heavy atom. The zero-order valence-electron chi connectivity index (χ0n) is 13.9. The number of ether oxygens (including phenoxy) is 1. The van der Waals surface area contributed by atoms with Crippen molar-refractivity contribution in [3.05, 3.63) is 68.5 Å². The van der Waals surface area contributed by atoms with Gasteiger partial charge >= 0.3 is 6.36 Å². The molecule has 1 heterocycles. The predicted octanol–water partition coefficient (Wildman–Crippen LogP) is 3.75. The van der Waals surface area contributed by atoms with Gasteiger partial charge in [-0.3, -0.25) is 14.9 Å². The molecule has 0 radical (unpaired) electrons. The lowest BCUT2D eigenvalue weighted by Gasteiger charge is -2.13. The van der Waals surface area contributed by atoms with Gasteiger partial charge in [0.15, 0.2) is 0 Å². The Balaban J connectivity index is 2.23. The van der Waals surface area contributed by atoms with Crippen LogP contribution in [0.5, 0.6) is 5.75 Å². The van der Waals surface area contributed by atoms with Gasteiger partial charge in [-0.15, -0.1) is 13.2 Å². The minimum absolute atomic E-state index is 0.104. The first kappa shape index (κ1) is 18.4. The quantitative estimate of drug-likeness (QED) is 0.509. The summed E-state index contributed by atoms with van der Waals surface area (Å²) in [5.41, 5.74) is -0.304. The van der Waals surface area contributed by atoms with E-state index in [-0.39, 0.29) is 28.7 Å². The van der Waals surface area contributed by atoms with Gasteiger partial charge in [0, 0.05) is 6.07 Å². The molecule has 3 aromatic rings. The minimum Gasteiger partial charge on any atom is -0.406 e. The van der Waals surface area contributed by atoms with Gasteiger partial charge in [-0.05, 0) is 36.8 Å². The molecular formula is C17H12F3N3O4. The summed E-state index contributed by atoms with van der Waals surface area (Å²) in [5.74, 6) is -0.418. The molecule has 0 saturated carbocycles. The van der Waals surface area contributed by atoms with Crippen LogP contribution in [-0.4, -0.2) is 21.1 Å². The lowest BCUT2D eigenvalue weighted by Crippen LogP contribution is -2.19. The maximum absolute atomic E-state index is 12.6. The Labute approximate surface area is 149 Å². The Hall–Kier alpha value is -3.43. The number of fused-ring (bicyclic) bond motifs is 1. The average Bonchev–Trinajstić information content (AvgIpc) is 2.61. The van der Waals surface area contributed by atoms with Crippen molar-refractivity contribution in [3.63, 3.8) is 0 Å². The molecule has 0 fully saturated rings. The van der Waals surface area contributed by atoms with Crippen LogP contribution in [0.15, 0.2) is 47.3 Å². The van der Waals surface area contributed by atoms with Crippen molar-refractivity contribution >= 4 is 16.6 Å². The maximum atomic E-state index is 12.6. The van der Waals surface area contributed by atoms with E-state index in [9.17, 15) is 28.1 Å². The van der Waals surface area contributed by atoms with Gasteiger partial charge in [0.05, 0.1) is 16.1 Å². The van der Waals surface area contributed by atoms with Gasteiger partial charge < -0.3 is 4.74 Å². The van der Waals surface area contributed by atoms with Crippen molar-refractivity contribution in [2.24, 2.45) is 0 Å². The lowest BCUT2D eigenvalue weighted by atomic mass is 10.1. The molecule has 0 aliphatic rings. The highest BCUT2D eigenvalue weighted by Gasteiger charge is 2.31. The summed E-state index contributed by atoms with van der Waals surface area (Å²) in [6, 6.07) is 8.93. The number of benzene rings is 2. The van der Waals surface area contributed by atoms with Crippen LogP contribution in [0.1, 0.15) is 12.6 Å². The van der Waals surface area contributed by atoms with Crippen LogP contribution in [0.2, 0.25) is 0 Å². The molecule has 2 aromatic carbocycles. The van der Waals surface area contributed by atoms with Gasteiger partial charge in [-0.2, -0.15) is 5.10 Å². The second-order valence-corrected chi connectivity index (χ2v) is 5.51. The number of non-ortho nitro benzene ring substituents is 1. The van der Waals surface area contributed by atoms with E-state index < -0.39 is 22.5 Å². The largest absolute Gasteiger partial charge is 0.573 e. The highest BCUT2D eigenvalue weighted by molar-refractivity contribution is 5.89. The third-order valence-electron chi connectivity index (χ3n) is 3.80. The summed E-state index contributed by atoms with van der Waals surface area (Å²) in [4.78, 5) is 23.2. The Morgan fingerprint density at radius 3 is 2.41 bits per heavy atom. The molecule has 3 rings (SSSR count). The van der Waals surface area contributed by atoms with Crippen LogP contribution < -0.4 is 10.2 Å². The van der Waals surface area contributed by atoms with E-state index in [1.807, 2.05) is 0 Å². The number of nitro benzene ring substituents is 1. The molecule has 0 aliphatic carbocycles. The molecule has 0 atom stereocenters. The molecule has 140 valence electrons. The van der Waals surface area contributed by atoms with Gasteiger partial charge in [0.2, 0.25) is 5.43 Å². The number of hydrogen-bond donors (Lipinski definition) is 0. The summed E-state index contributed by atoms with van der Waals surface area (Å²) in [7, 11) is 0. The van der Waals surface area contributed by atoms with E-state index in [1.54, 1.807) is 6.92 Å². The van der Waals surface area contributed by atoms with E-state index in [1.165, 1.54) is 35.0 Å². The second-order valence-electron chi connectivity index (χ2n) is 5.51. The summed E-state index contributed by atoms with van der Waals surface area (Å²) < 4.78 is 42.0. The van der Waals surface area contributed by atoms with Crippen LogP contribution in [0, 0.1) is 10.1 Å². The molecule has 1 aromatic heterocycles. The topological polar surface area (TPSA) is 87.3 Å². The number of aryl methyl sites for hydroxylation is 1. The van der Waals surface area contributed by atoms with Crippen molar-refractivity contribution in [2.75, 3.05) is 0 Å². The average molecular weight is 379 g/mol. The van der Waals surface area contributed by atoms with Gasteiger partial charge in [0.25, 0.3) is 5.69 Å². The first-order chi connectivity index (χ1) is 12.7. The zero-order valence-corrected chi connectivity index (χ0v) is 13.9. The fourth-order valence-electron chi connectivity index (χ4n) is 2.67. The zero-order chi connectivity index (χ0) is 19.8. The van der Waals surface area contributed by atoms with Crippen molar-refractivity contribution in [3.8, 4) is 11.4 Å². The molecule has 0 unspecified atom stereocenters. The molecule has 10 heteroatoms. The van der Waals surface area contributed by atoms with Crippen molar-refractivity contribution in [1.82, 2.24) is 9.78 Å². The molecule has 27 heavy (non-hydrogen) atoms. The van der Waals surface area contributed by atoms with E-state index in [2.05, 4.69) is 9.84 Å². The van der Waals surface area contributed by atoms with Crippen LogP contribution in [0.4, 0.5) is 18.9 Å². The fraction of sp³-hybridized carbons (Fsp3) is 0.176. The fourth-order valence-corrected chi connectivity index (χ4v) is 2.67. The number of halogens is 3. The number of aromatic nitrogens is 2. The maximum Gasteiger partial charge on any atom is 0.573 e. The third-order valence-corrected chi connectivity index (χ3v) is 3.80. The van der Waals surface area contributed by atoms with Crippen LogP contribution in [0.25, 0.3) is 16.6 Å². The second kappa shape index (κ2) is 6.71. The summed E-state index contributed by atoms with van der Waals surface area (Å²) in [6.07, 6.45) is -4.59. The van der Waals surface area contributed by atoms with E-state index in [0.717, 1.165) is 12.1 Å². The summed E-state index contributed by atoms with van der Waals surface area (Å²) in [6.45, 7) is 1.68. The van der Waals surface area contributed by atoms with E-state index in [0.29, 0.717) is 5.69 Å². The summed E-state index contributed by atoms with van der Waals surface area (Å²) in [5, 5.41) is 15.4. The monoisotopic (exact) mass is 379 g/mol. The summed E-state index contributed by atoms with van der Waals surface area (Å²) >= 11 is 0.